The van der Waals surface area contributed by atoms with Crippen LogP contribution < -0.4 is 15.4 Å². The van der Waals surface area contributed by atoms with Crippen molar-refractivity contribution in [2.45, 2.75) is 33.4 Å². The first kappa shape index (κ1) is 20.4. The average Bonchev–Trinajstić information content (AvgIpc) is 2.64. The maximum absolute atomic E-state index is 13.2. The van der Waals surface area contributed by atoms with E-state index in [1.165, 1.54) is 12.1 Å². The highest BCUT2D eigenvalue weighted by atomic mass is 19.1. The minimum absolute atomic E-state index is 0.107. The molecule has 1 atom stereocenters. The van der Waals surface area contributed by atoms with Crippen LogP contribution in [0.1, 0.15) is 36.7 Å². The predicted octanol–water partition coefficient (Wildman–Crippen LogP) is 3.30. The van der Waals surface area contributed by atoms with Crippen molar-refractivity contribution in [1.82, 2.24) is 10.6 Å². The first-order valence-electron chi connectivity index (χ1n) is 8.96. The molecule has 2 aromatic rings. The van der Waals surface area contributed by atoms with Crippen LogP contribution in [-0.4, -0.2) is 24.5 Å². The quantitative estimate of drug-likeness (QED) is 0.747. The fraction of sp³-hybridized carbons (Fsp3) is 0.333. The zero-order valence-corrected chi connectivity index (χ0v) is 15.8. The summed E-state index contributed by atoms with van der Waals surface area (Å²) < 4.78 is 18.6. The summed E-state index contributed by atoms with van der Waals surface area (Å²) in [6.45, 7) is 6.33. The molecular weight excluding hydrogens is 347 g/mol. The van der Waals surface area contributed by atoms with E-state index in [0.29, 0.717) is 23.5 Å². The van der Waals surface area contributed by atoms with Crippen LogP contribution in [0.5, 0.6) is 5.75 Å². The number of hydrogen-bond donors (Lipinski definition) is 2. The third-order valence-corrected chi connectivity index (χ3v) is 4.02. The third kappa shape index (κ3) is 6.09. The van der Waals surface area contributed by atoms with Gasteiger partial charge in [0.05, 0.1) is 6.61 Å². The van der Waals surface area contributed by atoms with E-state index >= 15 is 0 Å². The lowest BCUT2D eigenvalue weighted by Crippen LogP contribution is -2.49. The number of benzene rings is 2. The molecule has 0 spiro atoms. The topological polar surface area (TPSA) is 67.4 Å². The summed E-state index contributed by atoms with van der Waals surface area (Å²) in [6.07, 6.45) is 0. The van der Waals surface area contributed by atoms with E-state index in [4.69, 9.17) is 4.74 Å². The van der Waals surface area contributed by atoms with E-state index in [2.05, 4.69) is 10.6 Å². The van der Waals surface area contributed by atoms with Crippen LogP contribution in [0.25, 0.3) is 0 Å². The summed E-state index contributed by atoms with van der Waals surface area (Å²) in [4.78, 5) is 25.0. The van der Waals surface area contributed by atoms with Crippen LogP contribution in [0, 0.1) is 11.7 Å². The predicted molar refractivity (Wildman–Crippen MR) is 102 cm³/mol. The van der Waals surface area contributed by atoms with Crippen LogP contribution >= 0.6 is 0 Å². The fourth-order valence-electron chi connectivity index (χ4n) is 2.57. The van der Waals surface area contributed by atoms with Crippen LogP contribution in [0.3, 0.4) is 0 Å². The zero-order chi connectivity index (χ0) is 19.8. The summed E-state index contributed by atoms with van der Waals surface area (Å²) in [5.41, 5.74) is 1.10. The Labute approximate surface area is 158 Å². The number of nitrogens with one attached hydrogen (secondary N) is 2. The Kier molecular flexibility index (Phi) is 7.34. The Morgan fingerprint density at radius 2 is 1.81 bits per heavy atom. The number of ether oxygens (including phenoxy) is 1. The van der Waals surface area contributed by atoms with Gasteiger partial charge in [-0.3, -0.25) is 9.59 Å². The average molecular weight is 372 g/mol. The summed E-state index contributed by atoms with van der Waals surface area (Å²) in [5.74, 6) is -0.427. The Hall–Kier alpha value is -2.89. The van der Waals surface area contributed by atoms with Gasteiger partial charge in [-0.05, 0) is 54.8 Å². The molecule has 0 saturated heterocycles. The van der Waals surface area contributed by atoms with Crippen LogP contribution in [0.15, 0.2) is 48.5 Å². The SMILES string of the molecule is CCOc1ccc(C(=O)NC(C(=O)NCc2cccc(F)c2)C(C)C)cc1. The van der Waals surface area contributed by atoms with Crippen molar-refractivity contribution >= 4 is 11.8 Å². The molecule has 0 saturated carbocycles. The molecule has 6 heteroatoms. The molecular formula is C21H25FN2O3. The van der Waals surface area contributed by atoms with E-state index in [9.17, 15) is 14.0 Å². The van der Waals surface area contributed by atoms with Gasteiger partial charge in [0.2, 0.25) is 5.91 Å². The number of carbonyl (C=O) groups is 2. The maximum Gasteiger partial charge on any atom is 0.251 e. The van der Waals surface area contributed by atoms with Crippen molar-refractivity contribution in [1.29, 1.82) is 0 Å². The van der Waals surface area contributed by atoms with Crippen molar-refractivity contribution < 1.29 is 18.7 Å². The van der Waals surface area contributed by atoms with Crippen LogP contribution in [0.4, 0.5) is 4.39 Å². The largest absolute Gasteiger partial charge is 0.494 e. The molecule has 2 amide bonds. The van der Waals surface area contributed by atoms with Gasteiger partial charge in [0.15, 0.2) is 0 Å². The van der Waals surface area contributed by atoms with Gasteiger partial charge in [0.1, 0.15) is 17.6 Å². The van der Waals surface area contributed by atoms with Crippen molar-refractivity contribution in [2.75, 3.05) is 6.61 Å². The minimum Gasteiger partial charge on any atom is -0.494 e. The molecule has 144 valence electrons. The smallest absolute Gasteiger partial charge is 0.251 e. The van der Waals surface area contributed by atoms with E-state index in [1.54, 1.807) is 36.4 Å². The zero-order valence-electron chi connectivity index (χ0n) is 15.8. The second-order valence-electron chi connectivity index (χ2n) is 6.50. The molecule has 2 aromatic carbocycles. The molecule has 0 aromatic heterocycles. The molecule has 27 heavy (non-hydrogen) atoms. The highest BCUT2D eigenvalue weighted by molar-refractivity contribution is 5.97. The van der Waals surface area contributed by atoms with Gasteiger partial charge in [-0.2, -0.15) is 0 Å². The normalized spacial score (nSPS) is 11.7. The van der Waals surface area contributed by atoms with Crippen molar-refractivity contribution in [3.05, 3.63) is 65.5 Å². The Morgan fingerprint density at radius 3 is 2.41 bits per heavy atom. The molecule has 2 rings (SSSR count). The molecule has 0 radical (unpaired) electrons. The molecule has 0 heterocycles. The summed E-state index contributed by atoms with van der Waals surface area (Å²) in [6, 6.07) is 12.1. The molecule has 2 N–H and O–H groups in total. The summed E-state index contributed by atoms with van der Waals surface area (Å²) in [7, 11) is 0. The maximum atomic E-state index is 13.2. The number of halogens is 1. The van der Waals surface area contributed by atoms with Gasteiger partial charge in [-0.25, -0.2) is 4.39 Å². The van der Waals surface area contributed by atoms with Gasteiger partial charge < -0.3 is 15.4 Å². The standard InChI is InChI=1S/C21H25FN2O3/c1-4-27-18-10-8-16(9-11-18)20(25)24-19(14(2)3)21(26)23-13-15-6-5-7-17(22)12-15/h5-12,14,19H,4,13H2,1-3H3,(H,23,26)(H,24,25). The fourth-order valence-corrected chi connectivity index (χ4v) is 2.57. The van der Waals surface area contributed by atoms with Crippen molar-refractivity contribution in [3.63, 3.8) is 0 Å². The molecule has 0 aliphatic heterocycles. The third-order valence-electron chi connectivity index (χ3n) is 4.02. The minimum atomic E-state index is -0.697. The second-order valence-corrected chi connectivity index (χ2v) is 6.50. The first-order chi connectivity index (χ1) is 12.9. The monoisotopic (exact) mass is 372 g/mol. The lowest BCUT2D eigenvalue weighted by atomic mass is 10.0. The summed E-state index contributed by atoms with van der Waals surface area (Å²) >= 11 is 0. The van der Waals surface area contributed by atoms with E-state index in [-0.39, 0.29) is 30.1 Å². The van der Waals surface area contributed by atoms with E-state index < -0.39 is 6.04 Å². The van der Waals surface area contributed by atoms with Crippen molar-refractivity contribution in [2.24, 2.45) is 5.92 Å². The molecule has 0 aliphatic carbocycles. The number of amides is 2. The number of rotatable bonds is 8. The molecule has 0 aliphatic rings. The molecule has 1 unspecified atom stereocenters. The van der Waals surface area contributed by atoms with Crippen LogP contribution in [-0.2, 0) is 11.3 Å². The highest BCUT2D eigenvalue weighted by Crippen LogP contribution is 2.13. The molecule has 5 nitrogen and oxygen atoms in total. The first-order valence-corrected chi connectivity index (χ1v) is 8.96. The molecule has 0 bridgehead atoms. The van der Waals surface area contributed by atoms with E-state index in [0.717, 1.165) is 0 Å². The summed E-state index contributed by atoms with van der Waals surface area (Å²) in [5, 5.41) is 5.52. The highest BCUT2D eigenvalue weighted by Gasteiger charge is 2.24. The van der Waals surface area contributed by atoms with Gasteiger partial charge in [0, 0.05) is 12.1 Å². The number of carbonyl (C=O) groups excluding carboxylic acids is 2. The van der Waals surface area contributed by atoms with Crippen molar-refractivity contribution in [3.8, 4) is 5.75 Å². The lowest BCUT2D eigenvalue weighted by Gasteiger charge is -2.22. The van der Waals surface area contributed by atoms with Gasteiger partial charge >= 0.3 is 0 Å². The molecule has 0 fully saturated rings. The lowest BCUT2D eigenvalue weighted by molar-refractivity contribution is -0.124. The second kappa shape index (κ2) is 9.71. The Morgan fingerprint density at radius 1 is 1.11 bits per heavy atom. The Balaban J connectivity index is 1.98. The van der Waals surface area contributed by atoms with E-state index in [1.807, 2.05) is 20.8 Å². The van der Waals surface area contributed by atoms with Gasteiger partial charge in [0.25, 0.3) is 5.91 Å². The van der Waals surface area contributed by atoms with Crippen LogP contribution in [0.2, 0.25) is 0 Å². The van der Waals surface area contributed by atoms with Gasteiger partial charge in [-0.1, -0.05) is 26.0 Å². The van der Waals surface area contributed by atoms with Gasteiger partial charge in [-0.15, -0.1) is 0 Å². The Bertz CT molecular complexity index is 775. The number of hydrogen-bond acceptors (Lipinski definition) is 3.